The van der Waals surface area contributed by atoms with Gasteiger partial charge in [-0.1, -0.05) is 11.6 Å². The molecular weight excluding hydrogens is 454 g/mol. The molecule has 1 aromatic carbocycles. The molecule has 1 saturated heterocycles. The molecule has 1 aliphatic heterocycles. The molecule has 0 unspecified atom stereocenters. The lowest BCUT2D eigenvalue weighted by Gasteiger charge is -2.35. The minimum atomic E-state index is -3.50. The van der Waals surface area contributed by atoms with Crippen molar-refractivity contribution >= 4 is 60.3 Å². The van der Waals surface area contributed by atoms with Crippen molar-refractivity contribution < 1.29 is 13.3 Å². The zero-order valence-electron chi connectivity index (χ0n) is 12.8. The van der Waals surface area contributed by atoms with Crippen LogP contribution in [0.4, 0.5) is 11.4 Å². The Labute approximate surface area is 162 Å². The highest BCUT2D eigenvalue weighted by atomic mass is 79.9. The normalized spacial score (nSPS) is 16.2. The number of hydrogen-bond donors (Lipinski definition) is 0. The third-order valence-electron chi connectivity index (χ3n) is 3.86. The molecule has 0 spiro atoms. The minimum Gasteiger partial charge on any atom is -0.368 e. The molecule has 1 aliphatic rings. The summed E-state index contributed by atoms with van der Waals surface area (Å²) >= 11 is 10.6. The summed E-state index contributed by atoms with van der Waals surface area (Å²) in [6, 6.07) is 7.60. The first kappa shape index (κ1) is 18.6. The minimum absolute atomic E-state index is 0.0711. The van der Waals surface area contributed by atoms with Gasteiger partial charge in [-0.2, -0.15) is 4.31 Å². The van der Waals surface area contributed by atoms with Gasteiger partial charge in [-0.3, -0.25) is 10.1 Å². The number of benzene rings is 1. The summed E-state index contributed by atoms with van der Waals surface area (Å²) in [5.41, 5.74) is 0.599. The summed E-state index contributed by atoms with van der Waals surface area (Å²) in [5.74, 6) is 0. The maximum atomic E-state index is 12.6. The van der Waals surface area contributed by atoms with E-state index >= 15 is 0 Å². The predicted octanol–water partition coefficient (Wildman–Crippen LogP) is 3.58. The first-order valence-electron chi connectivity index (χ1n) is 7.23. The molecule has 0 bridgehead atoms. The molecule has 134 valence electrons. The van der Waals surface area contributed by atoms with Crippen LogP contribution in [0.5, 0.6) is 0 Å². The van der Waals surface area contributed by atoms with Crippen LogP contribution < -0.4 is 4.90 Å². The van der Waals surface area contributed by atoms with Crippen LogP contribution in [0.1, 0.15) is 0 Å². The number of nitrogens with zero attached hydrogens (tertiary/aromatic N) is 3. The molecule has 11 heteroatoms. The van der Waals surface area contributed by atoms with E-state index in [9.17, 15) is 18.5 Å². The molecule has 0 N–H and O–H groups in total. The number of anilines is 1. The van der Waals surface area contributed by atoms with Gasteiger partial charge in [-0.05, 0) is 34.1 Å². The molecule has 0 saturated carbocycles. The fourth-order valence-electron chi connectivity index (χ4n) is 2.60. The summed E-state index contributed by atoms with van der Waals surface area (Å²) < 4.78 is 27.8. The maximum Gasteiger partial charge on any atom is 0.271 e. The first-order valence-corrected chi connectivity index (χ1v) is 10.7. The first-order chi connectivity index (χ1) is 11.8. The summed E-state index contributed by atoms with van der Waals surface area (Å²) in [7, 11) is -3.50. The van der Waals surface area contributed by atoms with Gasteiger partial charge in [0.2, 0.25) is 0 Å². The second-order valence-corrected chi connectivity index (χ2v) is 10.4. The standard InChI is InChI=1S/C14H13BrClN3O4S2/c15-13-3-4-14(24-13)25(22,23)18-7-5-17(6-8-18)12-2-1-10(19(20)21)9-11(12)16/h1-4,9H,5-8H2. The lowest BCUT2D eigenvalue weighted by Crippen LogP contribution is -2.48. The summed E-state index contributed by atoms with van der Waals surface area (Å²) in [5, 5.41) is 11.1. The van der Waals surface area contributed by atoms with Crippen molar-refractivity contribution in [1.82, 2.24) is 4.31 Å². The second kappa shape index (κ2) is 7.20. The quantitative estimate of drug-likeness (QED) is 0.508. The van der Waals surface area contributed by atoms with E-state index in [-0.39, 0.29) is 10.7 Å². The molecule has 0 aliphatic carbocycles. The smallest absolute Gasteiger partial charge is 0.271 e. The van der Waals surface area contributed by atoms with E-state index in [1.807, 2.05) is 4.90 Å². The lowest BCUT2D eigenvalue weighted by atomic mass is 10.2. The number of nitro benzene ring substituents is 1. The van der Waals surface area contributed by atoms with Crippen LogP contribution in [-0.4, -0.2) is 43.8 Å². The van der Waals surface area contributed by atoms with Crippen LogP contribution in [-0.2, 0) is 10.0 Å². The number of piperazine rings is 1. The molecule has 0 atom stereocenters. The molecular formula is C14H13BrClN3O4S2. The van der Waals surface area contributed by atoms with Gasteiger partial charge in [0.1, 0.15) is 4.21 Å². The third kappa shape index (κ3) is 3.82. The Balaban J connectivity index is 1.73. The van der Waals surface area contributed by atoms with Crippen LogP contribution in [0, 0.1) is 10.1 Å². The molecule has 0 radical (unpaired) electrons. The highest BCUT2D eigenvalue weighted by molar-refractivity contribution is 9.11. The van der Waals surface area contributed by atoms with E-state index in [2.05, 4.69) is 15.9 Å². The fraction of sp³-hybridized carbons (Fsp3) is 0.286. The summed E-state index contributed by atoms with van der Waals surface area (Å²) in [4.78, 5) is 12.2. The topological polar surface area (TPSA) is 83.8 Å². The zero-order chi connectivity index (χ0) is 18.2. The number of halogens is 2. The van der Waals surface area contributed by atoms with Gasteiger partial charge in [-0.15, -0.1) is 11.3 Å². The van der Waals surface area contributed by atoms with Crippen LogP contribution >= 0.6 is 38.9 Å². The van der Waals surface area contributed by atoms with E-state index in [0.29, 0.717) is 36.1 Å². The Morgan fingerprint density at radius 3 is 2.36 bits per heavy atom. The van der Waals surface area contributed by atoms with Gasteiger partial charge in [-0.25, -0.2) is 8.42 Å². The molecule has 2 aromatic rings. The molecule has 1 fully saturated rings. The Morgan fingerprint density at radius 1 is 1.16 bits per heavy atom. The molecule has 25 heavy (non-hydrogen) atoms. The largest absolute Gasteiger partial charge is 0.368 e. The van der Waals surface area contributed by atoms with E-state index in [0.717, 1.165) is 3.79 Å². The Bertz CT molecular complexity index is 911. The second-order valence-electron chi connectivity index (χ2n) is 5.34. The fourth-order valence-corrected chi connectivity index (χ4v) is 6.48. The van der Waals surface area contributed by atoms with Crippen molar-refractivity contribution in [2.75, 3.05) is 31.1 Å². The van der Waals surface area contributed by atoms with Gasteiger partial charge in [0, 0.05) is 38.3 Å². The van der Waals surface area contributed by atoms with Gasteiger partial charge in [0.25, 0.3) is 15.7 Å². The molecule has 7 nitrogen and oxygen atoms in total. The van der Waals surface area contributed by atoms with E-state index in [1.165, 1.54) is 27.8 Å². The maximum absolute atomic E-state index is 12.6. The Kier molecular flexibility index (Phi) is 5.35. The van der Waals surface area contributed by atoms with Crippen molar-refractivity contribution in [3.05, 3.63) is 49.3 Å². The SMILES string of the molecule is O=[N+]([O-])c1ccc(N2CCN(S(=O)(=O)c3ccc(Br)s3)CC2)c(Cl)c1. The van der Waals surface area contributed by atoms with Crippen molar-refractivity contribution in [3.63, 3.8) is 0 Å². The van der Waals surface area contributed by atoms with Crippen molar-refractivity contribution in [2.45, 2.75) is 4.21 Å². The Morgan fingerprint density at radius 2 is 1.84 bits per heavy atom. The number of hydrogen-bond acceptors (Lipinski definition) is 6. The number of sulfonamides is 1. The summed E-state index contributed by atoms with van der Waals surface area (Å²) in [6.07, 6.45) is 0. The van der Waals surface area contributed by atoms with Crippen molar-refractivity contribution in [1.29, 1.82) is 0 Å². The molecule has 3 rings (SSSR count). The van der Waals surface area contributed by atoms with E-state index in [1.54, 1.807) is 18.2 Å². The number of nitro groups is 1. The molecule has 2 heterocycles. The number of non-ortho nitro benzene ring substituents is 1. The van der Waals surface area contributed by atoms with Crippen molar-refractivity contribution in [2.24, 2.45) is 0 Å². The van der Waals surface area contributed by atoms with E-state index in [4.69, 9.17) is 11.6 Å². The zero-order valence-corrected chi connectivity index (χ0v) is 16.7. The predicted molar refractivity (Wildman–Crippen MR) is 101 cm³/mol. The van der Waals surface area contributed by atoms with Gasteiger partial charge in [0.15, 0.2) is 0 Å². The van der Waals surface area contributed by atoms with Crippen molar-refractivity contribution in [3.8, 4) is 0 Å². The summed E-state index contributed by atoms with van der Waals surface area (Å²) in [6.45, 7) is 1.57. The Hall–Kier alpha value is -1.20. The van der Waals surface area contributed by atoms with Gasteiger partial charge < -0.3 is 4.90 Å². The monoisotopic (exact) mass is 465 g/mol. The third-order valence-corrected chi connectivity index (χ3v) is 8.16. The highest BCUT2D eigenvalue weighted by Crippen LogP contribution is 2.32. The number of thiophene rings is 1. The van der Waals surface area contributed by atoms with Gasteiger partial charge >= 0.3 is 0 Å². The lowest BCUT2D eigenvalue weighted by molar-refractivity contribution is -0.384. The van der Waals surface area contributed by atoms with Crippen LogP contribution in [0.2, 0.25) is 5.02 Å². The van der Waals surface area contributed by atoms with Gasteiger partial charge in [0.05, 0.1) is 19.4 Å². The average molecular weight is 467 g/mol. The molecule has 1 aromatic heterocycles. The van der Waals surface area contributed by atoms with Crippen LogP contribution in [0.3, 0.4) is 0 Å². The van der Waals surface area contributed by atoms with Crippen LogP contribution in [0.15, 0.2) is 38.3 Å². The average Bonchev–Trinajstić information content (AvgIpc) is 3.02. The number of rotatable bonds is 4. The molecule has 0 amide bonds. The highest BCUT2D eigenvalue weighted by Gasteiger charge is 2.30. The van der Waals surface area contributed by atoms with Crippen LogP contribution in [0.25, 0.3) is 0 Å². The van der Waals surface area contributed by atoms with E-state index < -0.39 is 14.9 Å².